The lowest BCUT2D eigenvalue weighted by Crippen LogP contribution is -2.43. The lowest BCUT2D eigenvalue weighted by atomic mass is 9.98. The summed E-state index contributed by atoms with van der Waals surface area (Å²) in [5, 5.41) is 2.45. The highest BCUT2D eigenvalue weighted by Gasteiger charge is 2.27. The monoisotopic (exact) mass is 287 g/mol. The lowest BCUT2D eigenvalue weighted by Gasteiger charge is -2.17. The van der Waals surface area contributed by atoms with E-state index in [9.17, 15) is 19.2 Å². The Hall–Kier alpha value is -1.92. The highest BCUT2D eigenvalue weighted by Crippen LogP contribution is 2.09. The van der Waals surface area contributed by atoms with Crippen LogP contribution in [0.3, 0.4) is 0 Å². The summed E-state index contributed by atoms with van der Waals surface area (Å²) in [5.74, 6) is -2.51. The van der Waals surface area contributed by atoms with Crippen molar-refractivity contribution in [1.82, 2.24) is 5.32 Å². The summed E-state index contributed by atoms with van der Waals surface area (Å²) in [6.07, 6.45) is -0.176. The maximum absolute atomic E-state index is 12.0. The van der Waals surface area contributed by atoms with Crippen LogP contribution < -0.4 is 5.32 Å². The number of hydrogen-bond donors (Lipinski definition) is 1. The molecule has 7 nitrogen and oxygen atoms in total. The second-order valence-corrected chi connectivity index (χ2v) is 4.35. The minimum atomic E-state index is -0.984. The van der Waals surface area contributed by atoms with E-state index in [0.29, 0.717) is 0 Å². The molecule has 0 spiro atoms. The van der Waals surface area contributed by atoms with Gasteiger partial charge in [-0.1, -0.05) is 13.8 Å². The normalized spacial score (nSPS) is 13.0. The third kappa shape index (κ3) is 6.31. The van der Waals surface area contributed by atoms with E-state index in [4.69, 9.17) is 0 Å². The van der Waals surface area contributed by atoms with Crippen LogP contribution in [0, 0.1) is 5.92 Å². The first-order valence-corrected chi connectivity index (χ1v) is 6.32. The molecule has 0 rings (SSSR count). The molecule has 2 atom stereocenters. The van der Waals surface area contributed by atoms with Gasteiger partial charge in [0.1, 0.15) is 0 Å². The average molecular weight is 287 g/mol. The van der Waals surface area contributed by atoms with E-state index >= 15 is 0 Å². The largest absolute Gasteiger partial charge is 0.469 e. The SMILES string of the molecule is CCC(=O)N[C@H](CC(=O)OC)C(=O)C[C@@H](C)C(=O)OC. The second-order valence-electron chi connectivity index (χ2n) is 4.35. The number of amides is 1. The van der Waals surface area contributed by atoms with Crippen LogP contribution in [0.5, 0.6) is 0 Å². The van der Waals surface area contributed by atoms with Gasteiger partial charge in [0.2, 0.25) is 5.91 Å². The van der Waals surface area contributed by atoms with E-state index in [1.165, 1.54) is 14.2 Å². The summed E-state index contributed by atoms with van der Waals surface area (Å²) in [4.78, 5) is 45.9. The minimum Gasteiger partial charge on any atom is -0.469 e. The van der Waals surface area contributed by atoms with E-state index in [1.807, 2.05) is 0 Å². The molecule has 0 aromatic rings. The molecule has 0 aliphatic heterocycles. The number of Topliss-reactive ketones (excluding diaryl/α,β-unsaturated/α-hetero) is 1. The molecule has 0 aromatic heterocycles. The van der Waals surface area contributed by atoms with Gasteiger partial charge in [-0.15, -0.1) is 0 Å². The second kappa shape index (κ2) is 9.06. The third-order valence-electron chi connectivity index (χ3n) is 2.75. The predicted molar refractivity (Wildman–Crippen MR) is 69.7 cm³/mol. The molecule has 0 radical (unpaired) electrons. The molecule has 0 aliphatic rings. The zero-order valence-corrected chi connectivity index (χ0v) is 12.2. The van der Waals surface area contributed by atoms with Crippen molar-refractivity contribution in [3.05, 3.63) is 0 Å². The number of carbonyl (C=O) groups is 4. The van der Waals surface area contributed by atoms with Gasteiger partial charge in [0, 0.05) is 12.8 Å². The number of carbonyl (C=O) groups excluding carboxylic acids is 4. The molecule has 7 heteroatoms. The molecule has 1 amide bonds. The molecule has 20 heavy (non-hydrogen) atoms. The Labute approximate surface area is 118 Å². The molecule has 0 heterocycles. The van der Waals surface area contributed by atoms with Gasteiger partial charge in [0.05, 0.1) is 32.6 Å². The van der Waals surface area contributed by atoms with Crippen LogP contribution in [0.15, 0.2) is 0 Å². The van der Waals surface area contributed by atoms with Crippen molar-refractivity contribution < 1.29 is 28.7 Å². The molecule has 1 N–H and O–H groups in total. The summed E-state index contributed by atoms with van der Waals surface area (Å²) < 4.78 is 9.01. The quantitative estimate of drug-likeness (QED) is 0.641. The van der Waals surface area contributed by atoms with Crippen molar-refractivity contribution in [3.8, 4) is 0 Å². The Balaban J connectivity index is 4.74. The Bertz CT molecular complexity index is 361. The third-order valence-corrected chi connectivity index (χ3v) is 2.75. The van der Waals surface area contributed by atoms with Crippen molar-refractivity contribution in [1.29, 1.82) is 0 Å². The Morgan fingerprint density at radius 2 is 1.65 bits per heavy atom. The van der Waals surface area contributed by atoms with E-state index in [0.717, 1.165) is 0 Å². The molecule has 0 fully saturated rings. The van der Waals surface area contributed by atoms with Crippen LogP contribution in [0.1, 0.15) is 33.1 Å². The first-order chi connectivity index (χ1) is 9.35. The van der Waals surface area contributed by atoms with Crippen LogP contribution in [0.25, 0.3) is 0 Å². The maximum atomic E-state index is 12.0. The number of nitrogens with one attached hydrogen (secondary N) is 1. The molecular weight excluding hydrogens is 266 g/mol. The van der Waals surface area contributed by atoms with E-state index < -0.39 is 29.7 Å². The average Bonchev–Trinajstić information content (AvgIpc) is 2.44. The van der Waals surface area contributed by atoms with Crippen LogP contribution in [0.4, 0.5) is 0 Å². The summed E-state index contributed by atoms with van der Waals surface area (Å²) in [5.41, 5.74) is 0. The molecule has 0 saturated carbocycles. The van der Waals surface area contributed by atoms with Gasteiger partial charge in [-0.05, 0) is 0 Å². The van der Waals surface area contributed by atoms with Crippen LogP contribution >= 0.6 is 0 Å². The van der Waals surface area contributed by atoms with E-state index in [1.54, 1.807) is 13.8 Å². The Morgan fingerprint density at radius 1 is 1.05 bits per heavy atom. The highest BCUT2D eigenvalue weighted by molar-refractivity contribution is 5.94. The van der Waals surface area contributed by atoms with Crippen molar-refractivity contribution >= 4 is 23.6 Å². The zero-order chi connectivity index (χ0) is 15.7. The summed E-state index contributed by atoms with van der Waals surface area (Å²) in [7, 11) is 2.43. The molecule has 114 valence electrons. The number of esters is 2. The van der Waals surface area contributed by atoms with Crippen molar-refractivity contribution in [3.63, 3.8) is 0 Å². The van der Waals surface area contributed by atoms with Gasteiger partial charge in [-0.25, -0.2) is 0 Å². The van der Waals surface area contributed by atoms with E-state index in [-0.39, 0.29) is 25.2 Å². The molecule has 0 unspecified atom stereocenters. The number of hydrogen-bond acceptors (Lipinski definition) is 6. The van der Waals surface area contributed by atoms with Gasteiger partial charge in [-0.2, -0.15) is 0 Å². The van der Waals surface area contributed by atoms with E-state index in [2.05, 4.69) is 14.8 Å². The minimum absolute atomic E-state index is 0.113. The predicted octanol–water partition coefficient (Wildman–Crippen LogP) is 0.213. The van der Waals surface area contributed by atoms with Gasteiger partial charge in [-0.3, -0.25) is 19.2 Å². The van der Waals surface area contributed by atoms with Crippen LogP contribution in [-0.2, 0) is 28.7 Å². The van der Waals surface area contributed by atoms with Crippen molar-refractivity contribution in [2.24, 2.45) is 5.92 Å². The van der Waals surface area contributed by atoms with Gasteiger partial charge >= 0.3 is 11.9 Å². The van der Waals surface area contributed by atoms with Gasteiger partial charge in [0.25, 0.3) is 0 Å². The molecule has 0 bridgehead atoms. The lowest BCUT2D eigenvalue weighted by molar-refractivity contribution is -0.147. The number of rotatable bonds is 8. The molecule has 0 saturated heterocycles. The van der Waals surface area contributed by atoms with Crippen LogP contribution in [0.2, 0.25) is 0 Å². The summed E-state index contributed by atoms with van der Waals surface area (Å²) in [6.45, 7) is 3.17. The standard InChI is InChI=1S/C13H21NO6/c1-5-11(16)14-9(7-12(17)19-3)10(15)6-8(2)13(18)20-4/h8-9H,5-7H2,1-4H3,(H,14,16)/t8-,9-/m1/s1. The fourth-order valence-corrected chi connectivity index (χ4v) is 1.52. The first-order valence-electron chi connectivity index (χ1n) is 6.32. The number of ketones is 1. The first kappa shape index (κ1) is 18.1. The maximum Gasteiger partial charge on any atom is 0.308 e. The highest BCUT2D eigenvalue weighted by atomic mass is 16.5. The topological polar surface area (TPSA) is 98.8 Å². The van der Waals surface area contributed by atoms with Crippen molar-refractivity contribution in [2.45, 2.75) is 39.2 Å². The zero-order valence-electron chi connectivity index (χ0n) is 12.2. The number of methoxy groups -OCH3 is 2. The van der Waals surface area contributed by atoms with Crippen molar-refractivity contribution in [2.75, 3.05) is 14.2 Å². The summed E-state index contributed by atoms with van der Waals surface area (Å²) in [6, 6.07) is -0.984. The fourth-order valence-electron chi connectivity index (χ4n) is 1.52. The summed E-state index contributed by atoms with van der Waals surface area (Å²) >= 11 is 0. The van der Waals surface area contributed by atoms with Gasteiger partial charge in [0.15, 0.2) is 5.78 Å². The number of ether oxygens (including phenoxy) is 2. The van der Waals surface area contributed by atoms with Crippen LogP contribution in [-0.4, -0.2) is 43.9 Å². The molecular formula is C13H21NO6. The Morgan fingerprint density at radius 3 is 2.10 bits per heavy atom. The molecule has 0 aliphatic carbocycles. The smallest absolute Gasteiger partial charge is 0.308 e. The molecule has 0 aromatic carbocycles. The Kier molecular flexibility index (Phi) is 8.19. The van der Waals surface area contributed by atoms with Gasteiger partial charge < -0.3 is 14.8 Å². The fraction of sp³-hybridized carbons (Fsp3) is 0.692.